The van der Waals surface area contributed by atoms with Gasteiger partial charge in [-0.15, -0.1) is 12.4 Å². The number of carbonyl (C=O) groups excluding carboxylic acids is 1. The Hall–Kier alpha value is -0.770. The molecule has 0 spiro atoms. The zero-order valence-corrected chi connectivity index (χ0v) is 9.14. The SMILES string of the molecule is COC(=O)[C@H](N)c1ccc(Cl)cc1.Cl. The van der Waals surface area contributed by atoms with Crippen LogP contribution in [-0.4, -0.2) is 13.1 Å². The largest absolute Gasteiger partial charge is 0.468 e. The van der Waals surface area contributed by atoms with Gasteiger partial charge in [0.1, 0.15) is 6.04 Å². The minimum absolute atomic E-state index is 0. The summed E-state index contributed by atoms with van der Waals surface area (Å²) >= 11 is 5.67. The number of ether oxygens (including phenoxy) is 1. The number of halogens is 2. The number of methoxy groups -OCH3 is 1. The van der Waals surface area contributed by atoms with Gasteiger partial charge < -0.3 is 10.5 Å². The van der Waals surface area contributed by atoms with E-state index < -0.39 is 12.0 Å². The molecular formula is C9H11Cl2NO2. The van der Waals surface area contributed by atoms with Gasteiger partial charge in [-0.05, 0) is 17.7 Å². The van der Waals surface area contributed by atoms with Crippen LogP contribution in [0.5, 0.6) is 0 Å². The van der Waals surface area contributed by atoms with E-state index in [0.29, 0.717) is 10.6 Å². The zero-order chi connectivity index (χ0) is 9.84. The summed E-state index contributed by atoms with van der Waals surface area (Å²) in [6, 6.07) is 6.02. The van der Waals surface area contributed by atoms with Gasteiger partial charge in [-0.2, -0.15) is 0 Å². The standard InChI is InChI=1S/C9H10ClNO2.ClH/c1-13-9(12)8(11)6-2-4-7(10)5-3-6;/h2-5,8H,11H2,1H3;1H/t8-;/m1./s1. The van der Waals surface area contributed by atoms with Crippen molar-refractivity contribution in [2.75, 3.05) is 7.11 Å². The van der Waals surface area contributed by atoms with Crippen LogP contribution in [0.4, 0.5) is 0 Å². The van der Waals surface area contributed by atoms with Crippen LogP contribution in [0.2, 0.25) is 5.02 Å². The van der Waals surface area contributed by atoms with Gasteiger partial charge in [0, 0.05) is 5.02 Å². The third-order valence-corrected chi connectivity index (χ3v) is 1.94. The molecule has 0 aromatic heterocycles. The molecule has 5 heteroatoms. The van der Waals surface area contributed by atoms with Gasteiger partial charge in [-0.1, -0.05) is 23.7 Å². The quantitative estimate of drug-likeness (QED) is 0.798. The maximum absolute atomic E-state index is 11.0. The Kier molecular flexibility index (Phi) is 5.53. The van der Waals surface area contributed by atoms with Crippen molar-refractivity contribution in [2.24, 2.45) is 5.73 Å². The highest BCUT2D eigenvalue weighted by Crippen LogP contribution is 2.15. The van der Waals surface area contributed by atoms with Crippen LogP contribution in [0, 0.1) is 0 Å². The van der Waals surface area contributed by atoms with Crippen molar-refractivity contribution in [3.8, 4) is 0 Å². The van der Waals surface area contributed by atoms with E-state index in [-0.39, 0.29) is 12.4 Å². The summed E-state index contributed by atoms with van der Waals surface area (Å²) < 4.78 is 4.50. The van der Waals surface area contributed by atoms with E-state index in [1.165, 1.54) is 7.11 Å². The highest BCUT2D eigenvalue weighted by molar-refractivity contribution is 6.30. The van der Waals surface area contributed by atoms with Gasteiger partial charge in [-0.25, -0.2) is 0 Å². The fraction of sp³-hybridized carbons (Fsp3) is 0.222. The Labute approximate surface area is 93.6 Å². The first-order valence-electron chi connectivity index (χ1n) is 3.74. The lowest BCUT2D eigenvalue weighted by Gasteiger charge is -2.08. The van der Waals surface area contributed by atoms with Gasteiger partial charge in [-0.3, -0.25) is 4.79 Å². The predicted molar refractivity (Wildman–Crippen MR) is 57.6 cm³/mol. The molecule has 0 aliphatic carbocycles. The van der Waals surface area contributed by atoms with Crippen molar-refractivity contribution in [2.45, 2.75) is 6.04 Å². The molecular weight excluding hydrogens is 225 g/mol. The molecule has 1 aromatic rings. The van der Waals surface area contributed by atoms with Crippen LogP contribution >= 0.6 is 24.0 Å². The molecule has 1 atom stereocenters. The number of carbonyl (C=O) groups is 1. The van der Waals surface area contributed by atoms with Crippen molar-refractivity contribution in [3.63, 3.8) is 0 Å². The van der Waals surface area contributed by atoms with Crippen molar-refractivity contribution in [1.82, 2.24) is 0 Å². The molecule has 0 aliphatic heterocycles. The Balaban J connectivity index is 0.00000169. The number of benzene rings is 1. The Morgan fingerprint density at radius 1 is 1.43 bits per heavy atom. The smallest absolute Gasteiger partial charge is 0.327 e. The van der Waals surface area contributed by atoms with Gasteiger partial charge in [0.2, 0.25) is 0 Å². The normalized spacial score (nSPS) is 11.4. The maximum Gasteiger partial charge on any atom is 0.327 e. The van der Waals surface area contributed by atoms with Crippen molar-refractivity contribution >= 4 is 30.0 Å². The zero-order valence-electron chi connectivity index (χ0n) is 7.57. The molecule has 0 amide bonds. The topological polar surface area (TPSA) is 52.3 Å². The number of nitrogens with two attached hydrogens (primary N) is 1. The van der Waals surface area contributed by atoms with E-state index in [1.807, 2.05) is 0 Å². The van der Waals surface area contributed by atoms with Crippen LogP contribution in [0.15, 0.2) is 24.3 Å². The van der Waals surface area contributed by atoms with Crippen LogP contribution in [0.3, 0.4) is 0 Å². The third-order valence-electron chi connectivity index (χ3n) is 1.68. The minimum Gasteiger partial charge on any atom is -0.468 e. The average molecular weight is 236 g/mol. The van der Waals surface area contributed by atoms with Crippen molar-refractivity contribution in [1.29, 1.82) is 0 Å². The summed E-state index contributed by atoms with van der Waals surface area (Å²) in [5.74, 6) is -0.456. The molecule has 0 saturated carbocycles. The van der Waals surface area contributed by atoms with E-state index in [4.69, 9.17) is 17.3 Å². The molecule has 1 aromatic carbocycles. The second-order valence-electron chi connectivity index (χ2n) is 2.55. The van der Waals surface area contributed by atoms with E-state index in [9.17, 15) is 4.79 Å². The molecule has 0 saturated heterocycles. The second-order valence-corrected chi connectivity index (χ2v) is 2.99. The van der Waals surface area contributed by atoms with Gasteiger partial charge >= 0.3 is 5.97 Å². The lowest BCUT2D eigenvalue weighted by atomic mass is 10.1. The molecule has 2 N–H and O–H groups in total. The first kappa shape index (κ1) is 13.2. The molecule has 3 nitrogen and oxygen atoms in total. The molecule has 1 rings (SSSR count). The number of rotatable bonds is 2. The third kappa shape index (κ3) is 3.18. The van der Waals surface area contributed by atoms with E-state index in [2.05, 4.69) is 4.74 Å². The minimum atomic E-state index is -0.734. The fourth-order valence-electron chi connectivity index (χ4n) is 0.933. The summed E-state index contributed by atoms with van der Waals surface area (Å²) in [6.45, 7) is 0. The monoisotopic (exact) mass is 235 g/mol. The van der Waals surface area contributed by atoms with Crippen molar-refractivity contribution in [3.05, 3.63) is 34.9 Å². The van der Waals surface area contributed by atoms with Crippen molar-refractivity contribution < 1.29 is 9.53 Å². The fourth-order valence-corrected chi connectivity index (χ4v) is 1.06. The summed E-state index contributed by atoms with van der Waals surface area (Å²) in [7, 11) is 1.30. The highest BCUT2D eigenvalue weighted by Gasteiger charge is 2.15. The molecule has 0 unspecified atom stereocenters. The molecule has 0 radical (unpaired) electrons. The van der Waals surface area contributed by atoms with Gasteiger partial charge in [0.25, 0.3) is 0 Å². The highest BCUT2D eigenvalue weighted by atomic mass is 35.5. The van der Waals surface area contributed by atoms with Crippen LogP contribution in [0.25, 0.3) is 0 Å². The van der Waals surface area contributed by atoms with Crippen LogP contribution < -0.4 is 5.73 Å². The van der Waals surface area contributed by atoms with Gasteiger partial charge in [0.05, 0.1) is 7.11 Å². The van der Waals surface area contributed by atoms with Crippen LogP contribution in [-0.2, 0) is 9.53 Å². The maximum atomic E-state index is 11.0. The summed E-state index contributed by atoms with van der Waals surface area (Å²) in [6.07, 6.45) is 0. The Morgan fingerprint density at radius 2 is 1.93 bits per heavy atom. The molecule has 0 bridgehead atoms. The second kappa shape index (κ2) is 5.86. The van der Waals surface area contributed by atoms with E-state index in [1.54, 1.807) is 24.3 Å². The lowest BCUT2D eigenvalue weighted by molar-refractivity contribution is -0.142. The number of esters is 1. The molecule has 14 heavy (non-hydrogen) atoms. The van der Waals surface area contributed by atoms with Gasteiger partial charge in [0.15, 0.2) is 0 Å². The lowest BCUT2D eigenvalue weighted by Crippen LogP contribution is -2.22. The Morgan fingerprint density at radius 3 is 2.36 bits per heavy atom. The predicted octanol–water partition coefficient (Wildman–Crippen LogP) is 1.93. The molecule has 0 aliphatic rings. The van der Waals surface area contributed by atoms with Crippen LogP contribution in [0.1, 0.15) is 11.6 Å². The van der Waals surface area contributed by atoms with E-state index >= 15 is 0 Å². The molecule has 0 fully saturated rings. The average Bonchev–Trinajstić information content (AvgIpc) is 2.17. The first-order valence-corrected chi connectivity index (χ1v) is 4.12. The van der Waals surface area contributed by atoms with E-state index in [0.717, 1.165) is 0 Å². The number of hydrogen-bond donors (Lipinski definition) is 1. The summed E-state index contributed by atoms with van der Waals surface area (Å²) in [5.41, 5.74) is 6.27. The first-order chi connectivity index (χ1) is 6.15. The summed E-state index contributed by atoms with van der Waals surface area (Å²) in [4.78, 5) is 11.0. The Bertz CT molecular complexity index is 300. The molecule has 78 valence electrons. The number of hydrogen-bond acceptors (Lipinski definition) is 3. The molecule has 0 heterocycles. The summed E-state index contributed by atoms with van der Waals surface area (Å²) in [5, 5.41) is 0.612.